The standard InChI is InChI=1S/C12H17NO/c1-8(5-6-9(2)14-4)11-7-12(11)10(3)13/h5-6,12H,2-3,7,13H2,1,4H3/b6-5-,11-8+. The molecule has 1 unspecified atom stereocenters. The van der Waals surface area contributed by atoms with E-state index in [1.54, 1.807) is 7.11 Å². The zero-order valence-electron chi connectivity index (χ0n) is 8.84. The van der Waals surface area contributed by atoms with E-state index < -0.39 is 0 Å². The van der Waals surface area contributed by atoms with Crippen LogP contribution in [-0.4, -0.2) is 7.11 Å². The van der Waals surface area contributed by atoms with Crippen LogP contribution in [0.15, 0.2) is 47.9 Å². The summed E-state index contributed by atoms with van der Waals surface area (Å²) in [6.45, 7) is 9.51. The zero-order valence-corrected chi connectivity index (χ0v) is 8.84. The molecule has 0 aliphatic heterocycles. The number of hydrogen-bond acceptors (Lipinski definition) is 2. The van der Waals surface area contributed by atoms with Gasteiger partial charge in [0.2, 0.25) is 0 Å². The van der Waals surface area contributed by atoms with Gasteiger partial charge in [-0.1, -0.05) is 30.4 Å². The molecule has 0 saturated heterocycles. The summed E-state index contributed by atoms with van der Waals surface area (Å²) in [5, 5.41) is 0. The van der Waals surface area contributed by atoms with E-state index in [1.165, 1.54) is 11.1 Å². The first kappa shape index (κ1) is 10.6. The van der Waals surface area contributed by atoms with Crippen molar-refractivity contribution in [2.75, 3.05) is 7.11 Å². The lowest BCUT2D eigenvalue weighted by Crippen LogP contribution is -1.95. The third-order valence-electron chi connectivity index (χ3n) is 2.42. The third-order valence-corrected chi connectivity index (χ3v) is 2.42. The molecule has 1 atom stereocenters. The van der Waals surface area contributed by atoms with Crippen molar-refractivity contribution in [1.29, 1.82) is 0 Å². The molecule has 1 aliphatic rings. The van der Waals surface area contributed by atoms with Crippen molar-refractivity contribution in [3.63, 3.8) is 0 Å². The first-order chi connectivity index (χ1) is 6.56. The zero-order chi connectivity index (χ0) is 10.7. The van der Waals surface area contributed by atoms with E-state index in [2.05, 4.69) is 20.1 Å². The molecule has 0 aromatic carbocycles. The van der Waals surface area contributed by atoms with Crippen molar-refractivity contribution in [3.05, 3.63) is 47.9 Å². The van der Waals surface area contributed by atoms with E-state index in [0.717, 1.165) is 12.1 Å². The minimum absolute atomic E-state index is 0.399. The Hall–Kier alpha value is -1.44. The van der Waals surface area contributed by atoms with Gasteiger partial charge in [-0.15, -0.1) is 0 Å². The SMILES string of the molecule is C=C(/C=C\C(C)=C1/CC1C(=C)N)OC. The molecule has 0 amide bonds. The van der Waals surface area contributed by atoms with Crippen LogP contribution in [0, 0.1) is 5.92 Å². The summed E-state index contributed by atoms with van der Waals surface area (Å²) in [5.74, 6) is 1.06. The van der Waals surface area contributed by atoms with Crippen LogP contribution in [0.4, 0.5) is 0 Å². The van der Waals surface area contributed by atoms with Gasteiger partial charge in [0.25, 0.3) is 0 Å². The van der Waals surface area contributed by atoms with Gasteiger partial charge in [0.15, 0.2) is 0 Å². The normalized spacial score (nSPS) is 23.4. The second-order valence-corrected chi connectivity index (χ2v) is 3.54. The van der Waals surface area contributed by atoms with Crippen molar-refractivity contribution in [2.45, 2.75) is 13.3 Å². The Bertz CT molecular complexity index is 323. The van der Waals surface area contributed by atoms with Crippen molar-refractivity contribution >= 4 is 0 Å². The van der Waals surface area contributed by atoms with Gasteiger partial charge in [-0.25, -0.2) is 0 Å². The molecule has 0 spiro atoms. The van der Waals surface area contributed by atoms with Crippen LogP contribution in [-0.2, 0) is 4.74 Å². The fourth-order valence-corrected chi connectivity index (χ4v) is 1.34. The fraction of sp³-hybridized carbons (Fsp3) is 0.333. The van der Waals surface area contributed by atoms with Crippen molar-refractivity contribution < 1.29 is 4.74 Å². The average Bonchev–Trinajstić information content (AvgIpc) is 2.92. The number of methoxy groups -OCH3 is 1. The molecule has 2 nitrogen and oxygen atoms in total. The van der Waals surface area contributed by atoms with Gasteiger partial charge in [-0.3, -0.25) is 0 Å². The monoisotopic (exact) mass is 191 g/mol. The molecule has 1 aliphatic carbocycles. The summed E-state index contributed by atoms with van der Waals surface area (Å²) in [4.78, 5) is 0. The Labute approximate surface area is 85.4 Å². The van der Waals surface area contributed by atoms with Crippen molar-refractivity contribution in [3.8, 4) is 0 Å². The lowest BCUT2D eigenvalue weighted by molar-refractivity contribution is 0.309. The number of nitrogens with two attached hydrogens (primary N) is 1. The highest BCUT2D eigenvalue weighted by molar-refractivity contribution is 5.41. The Morgan fingerprint density at radius 2 is 2.14 bits per heavy atom. The van der Waals surface area contributed by atoms with Crippen molar-refractivity contribution in [1.82, 2.24) is 0 Å². The highest BCUT2D eigenvalue weighted by Gasteiger charge is 2.32. The maximum atomic E-state index is 5.61. The third kappa shape index (κ3) is 2.52. The van der Waals surface area contributed by atoms with Crippen molar-refractivity contribution in [2.24, 2.45) is 11.7 Å². The summed E-state index contributed by atoms with van der Waals surface area (Å²) in [5.41, 5.74) is 8.98. The predicted octanol–water partition coefficient (Wildman–Crippen LogP) is 2.51. The molecule has 2 heteroatoms. The molecule has 1 fully saturated rings. The molecule has 0 aromatic heterocycles. The molecule has 1 saturated carbocycles. The summed E-state index contributed by atoms with van der Waals surface area (Å²) in [7, 11) is 1.61. The van der Waals surface area contributed by atoms with Crippen LogP contribution in [0.1, 0.15) is 13.3 Å². The van der Waals surface area contributed by atoms with Crippen LogP contribution >= 0.6 is 0 Å². The Balaban J connectivity index is 2.60. The predicted molar refractivity (Wildman–Crippen MR) is 59.4 cm³/mol. The number of rotatable bonds is 4. The molecule has 0 bridgehead atoms. The lowest BCUT2D eigenvalue weighted by Gasteiger charge is -1.96. The average molecular weight is 191 g/mol. The van der Waals surface area contributed by atoms with Crippen LogP contribution in [0.25, 0.3) is 0 Å². The molecule has 0 aromatic rings. The molecule has 76 valence electrons. The quantitative estimate of drug-likeness (QED) is 0.547. The van der Waals surface area contributed by atoms with E-state index in [4.69, 9.17) is 10.5 Å². The van der Waals surface area contributed by atoms with E-state index in [0.29, 0.717) is 11.7 Å². The van der Waals surface area contributed by atoms with Gasteiger partial charge in [-0.05, 0) is 19.4 Å². The minimum atomic E-state index is 0.399. The summed E-state index contributed by atoms with van der Waals surface area (Å²) in [6, 6.07) is 0. The topological polar surface area (TPSA) is 35.2 Å². The van der Waals surface area contributed by atoms with E-state index in [-0.39, 0.29) is 0 Å². The summed E-state index contributed by atoms with van der Waals surface area (Å²) >= 11 is 0. The van der Waals surface area contributed by atoms with E-state index in [9.17, 15) is 0 Å². The number of ether oxygens (including phenoxy) is 1. The lowest BCUT2D eigenvalue weighted by atomic mass is 10.2. The Morgan fingerprint density at radius 3 is 2.57 bits per heavy atom. The van der Waals surface area contributed by atoms with Crippen LogP contribution in [0.2, 0.25) is 0 Å². The fourth-order valence-electron chi connectivity index (χ4n) is 1.34. The smallest absolute Gasteiger partial charge is 0.111 e. The first-order valence-corrected chi connectivity index (χ1v) is 4.61. The Kier molecular flexibility index (Phi) is 3.18. The number of allylic oxidation sites excluding steroid dienone is 4. The van der Waals surface area contributed by atoms with Gasteiger partial charge in [0, 0.05) is 11.6 Å². The first-order valence-electron chi connectivity index (χ1n) is 4.61. The van der Waals surface area contributed by atoms with Gasteiger partial charge in [0.1, 0.15) is 5.76 Å². The molecule has 0 radical (unpaired) electrons. The Morgan fingerprint density at radius 1 is 1.50 bits per heavy atom. The molecular weight excluding hydrogens is 174 g/mol. The number of hydrogen-bond donors (Lipinski definition) is 1. The summed E-state index contributed by atoms with van der Waals surface area (Å²) in [6.07, 6.45) is 4.91. The highest BCUT2D eigenvalue weighted by atomic mass is 16.5. The van der Waals surface area contributed by atoms with E-state index in [1.807, 2.05) is 12.2 Å². The maximum absolute atomic E-state index is 5.61. The summed E-state index contributed by atoms with van der Waals surface area (Å²) < 4.78 is 4.93. The second-order valence-electron chi connectivity index (χ2n) is 3.54. The van der Waals surface area contributed by atoms with Gasteiger partial charge in [-0.2, -0.15) is 0 Å². The largest absolute Gasteiger partial charge is 0.497 e. The molecule has 2 N–H and O–H groups in total. The minimum Gasteiger partial charge on any atom is -0.497 e. The molecular formula is C12H17NO. The molecule has 14 heavy (non-hydrogen) atoms. The van der Waals surface area contributed by atoms with Crippen LogP contribution in [0.3, 0.4) is 0 Å². The molecule has 1 rings (SSSR count). The van der Waals surface area contributed by atoms with Gasteiger partial charge >= 0.3 is 0 Å². The van der Waals surface area contributed by atoms with Crippen LogP contribution < -0.4 is 5.73 Å². The van der Waals surface area contributed by atoms with E-state index >= 15 is 0 Å². The van der Waals surface area contributed by atoms with Crippen LogP contribution in [0.5, 0.6) is 0 Å². The second kappa shape index (κ2) is 4.18. The van der Waals surface area contributed by atoms with Gasteiger partial charge < -0.3 is 10.5 Å². The molecule has 0 heterocycles. The highest BCUT2D eigenvalue weighted by Crippen LogP contribution is 2.43. The van der Waals surface area contributed by atoms with Gasteiger partial charge in [0.05, 0.1) is 7.11 Å². The maximum Gasteiger partial charge on any atom is 0.111 e.